The molecule has 0 N–H and O–H groups in total. The Balaban J connectivity index is 5.63. The average Bonchev–Trinajstić information content (AvgIpc) is 2.49. The second kappa shape index (κ2) is 7.68. The summed E-state index contributed by atoms with van der Waals surface area (Å²) in [5, 5.41) is 0. The van der Waals surface area contributed by atoms with E-state index in [2.05, 4.69) is 20.8 Å². The van der Waals surface area contributed by atoms with Crippen LogP contribution in [0.2, 0.25) is 12.4 Å². The van der Waals surface area contributed by atoms with Gasteiger partial charge in [0.25, 0.3) is 0 Å². The molecule has 0 saturated carbocycles. The normalized spacial score (nSPS) is 16.1. The van der Waals surface area contributed by atoms with Crippen molar-refractivity contribution in [3.8, 4) is 0 Å². The van der Waals surface area contributed by atoms with Crippen molar-refractivity contribution in [3.63, 3.8) is 0 Å². The third-order valence-corrected chi connectivity index (χ3v) is 26.6. The minimum absolute atomic E-state index is 0.987. The maximum atomic E-state index is 6.28. The van der Waals surface area contributed by atoms with Crippen molar-refractivity contribution in [1.82, 2.24) is 0 Å². The van der Waals surface area contributed by atoms with Crippen LogP contribution in [-0.4, -0.2) is 21.3 Å². The van der Waals surface area contributed by atoms with E-state index in [1.165, 1.54) is 0 Å². The molecule has 0 aromatic rings. The fourth-order valence-corrected chi connectivity index (χ4v) is 20.5. The van der Waals surface area contributed by atoms with Crippen LogP contribution in [0.4, 0.5) is 0 Å². The van der Waals surface area contributed by atoms with Crippen molar-refractivity contribution >= 4 is 0 Å². The fraction of sp³-hybridized carbons (Fsp3) is 1.00. The summed E-state index contributed by atoms with van der Waals surface area (Å²) < 4.78 is 21.8. The molecule has 0 radical (unpaired) electrons. The quantitative estimate of drug-likeness (QED) is 0.459. The Bertz CT molecular complexity index is 217. The van der Waals surface area contributed by atoms with Crippen LogP contribution < -0.4 is 0 Å². The summed E-state index contributed by atoms with van der Waals surface area (Å²) in [6, 6.07) is 0. The van der Waals surface area contributed by atoms with E-state index < -0.39 is 18.6 Å². The van der Waals surface area contributed by atoms with Gasteiger partial charge in [-0.05, 0) is 0 Å². The molecule has 0 atom stereocenters. The second-order valence-corrected chi connectivity index (χ2v) is 24.2. The molecule has 0 unspecified atom stereocenters. The topological polar surface area (TPSA) is 27.7 Å². The van der Waals surface area contributed by atoms with Gasteiger partial charge in [0.15, 0.2) is 0 Å². The summed E-state index contributed by atoms with van der Waals surface area (Å²) in [4.78, 5) is 0. The first-order chi connectivity index (χ1) is 8.97. The van der Waals surface area contributed by atoms with Gasteiger partial charge in [-0.3, -0.25) is 0 Å². The number of unbranched alkanes of at least 4 members (excludes halogenated alkanes) is 3. The molecule has 118 valence electrons. The van der Waals surface area contributed by atoms with Gasteiger partial charge in [-0.2, -0.15) is 0 Å². The first kappa shape index (κ1) is 19.8. The second-order valence-electron chi connectivity index (χ2n) is 6.22. The van der Waals surface area contributed by atoms with E-state index in [0.29, 0.717) is 0 Å². The van der Waals surface area contributed by atoms with Crippen molar-refractivity contribution in [2.75, 3.05) is 21.3 Å². The third kappa shape index (κ3) is 3.90. The summed E-state index contributed by atoms with van der Waals surface area (Å²) in [5.74, 6) is 0. The molecule has 4 heteroatoms. The number of hydrogen-bond donors (Lipinski definition) is 0. The monoisotopic (exact) mass is 354 g/mol. The third-order valence-electron chi connectivity index (χ3n) is 5.37. The zero-order valence-corrected chi connectivity index (χ0v) is 16.5. The van der Waals surface area contributed by atoms with Crippen molar-refractivity contribution in [3.05, 3.63) is 0 Å². The van der Waals surface area contributed by atoms with Gasteiger partial charge in [-0.1, -0.05) is 0 Å². The molecule has 0 aliphatic heterocycles. The molecule has 0 spiro atoms. The first-order valence-electron chi connectivity index (χ1n) is 8.02. The van der Waals surface area contributed by atoms with Crippen molar-refractivity contribution in [1.29, 1.82) is 0 Å². The zero-order valence-electron chi connectivity index (χ0n) is 14.1. The molecule has 0 fully saturated rings. The van der Waals surface area contributed by atoms with E-state index in [1.807, 2.05) is 21.3 Å². The summed E-state index contributed by atoms with van der Waals surface area (Å²) >= 11 is -4.49. The SMILES string of the molecule is CCC[CH2][Zr]([CH2]CCC)([CH2]CCC)([O]C)([O]C)[O]C. The molecule has 0 rings (SSSR count). The van der Waals surface area contributed by atoms with Gasteiger partial charge in [0.2, 0.25) is 0 Å². The van der Waals surface area contributed by atoms with E-state index >= 15 is 0 Å². The van der Waals surface area contributed by atoms with E-state index in [-0.39, 0.29) is 0 Å². The molecule has 0 aromatic heterocycles. The van der Waals surface area contributed by atoms with Gasteiger partial charge in [0, 0.05) is 0 Å². The Hall–Kier alpha value is 0.763. The molecule has 0 aromatic carbocycles. The maximum absolute atomic E-state index is 6.28. The molecule has 3 nitrogen and oxygen atoms in total. The van der Waals surface area contributed by atoms with Crippen LogP contribution in [0.1, 0.15) is 59.3 Å². The van der Waals surface area contributed by atoms with Crippen LogP contribution in [0, 0.1) is 0 Å². The van der Waals surface area contributed by atoms with Gasteiger partial charge in [-0.25, -0.2) is 0 Å². The Morgan fingerprint density at radius 1 is 0.579 bits per heavy atom. The molecular formula is C15H36O3Zr. The predicted octanol–water partition coefficient (Wildman–Crippen LogP) is 5.55. The van der Waals surface area contributed by atoms with Gasteiger partial charge < -0.3 is 0 Å². The molecule has 0 aliphatic carbocycles. The summed E-state index contributed by atoms with van der Waals surface area (Å²) in [6.45, 7) is 6.66. The fourth-order valence-electron chi connectivity index (χ4n) is 3.47. The Morgan fingerprint density at radius 2 is 0.842 bits per heavy atom. The van der Waals surface area contributed by atoms with Crippen molar-refractivity contribution in [2.45, 2.75) is 71.7 Å². The van der Waals surface area contributed by atoms with Crippen LogP contribution in [0.5, 0.6) is 0 Å². The van der Waals surface area contributed by atoms with Crippen LogP contribution >= 0.6 is 0 Å². The molecule has 0 aliphatic rings. The van der Waals surface area contributed by atoms with Crippen LogP contribution in [-0.2, 0) is 27.1 Å². The zero-order chi connectivity index (χ0) is 14.9. The molecule has 0 saturated heterocycles. The van der Waals surface area contributed by atoms with Crippen LogP contribution in [0.15, 0.2) is 0 Å². The van der Waals surface area contributed by atoms with Gasteiger partial charge in [0.05, 0.1) is 0 Å². The Morgan fingerprint density at radius 3 is 1.00 bits per heavy atom. The molecular weight excluding hydrogens is 319 g/mol. The van der Waals surface area contributed by atoms with Crippen LogP contribution in [0.25, 0.3) is 0 Å². The van der Waals surface area contributed by atoms with Gasteiger partial charge in [-0.15, -0.1) is 0 Å². The van der Waals surface area contributed by atoms with Gasteiger partial charge >= 0.3 is 120 Å². The number of hydrogen-bond acceptors (Lipinski definition) is 3. The summed E-state index contributed by atoms with van der Waals surface area (Å²) in [6.07, 6.45) is 6.84. The van der Waals surface area contributed by atoms with E-state index in [4.69, 9.17) is 8.44 Å². The standard InChI is InChI=1S/3C4H9.3CH3O.Zr/c3*1-3-4-2;3*1-2;/h3*1,3-4H2,2H3;3*1H3;/q;;;3*-1;+3. The average molecular weight is 356 g/mol. The first-order valence-corrected chi connectivity index (χ1v) is 16.2. The van der Waals surface area contributed by atoms with E-state index in [1.54, 1.807) is 0 Å². The molecule has 19 heavy (non-hydrogen) atoms. The minimum atomic E-state index is -4.49. The predicted molar refractivity (Wildman–Crippen MR) is 80.2 cm³/mol. The van der Waals surface area contributed by atoms with E-state index in [9.17, 15) is 0 Å². The van der Waals surface area contributed by atoms with Gasteiger partial charge in [0.1, 0.15) is 0 Å². The van der Waals surface area contributed by atoms with Crippen LogP contribution in [0.3, 0.4) is 0 Å². The summed E-state index contributed by atoms with van der Waals surface area (Å²) in [7, 11) is 5.47. The molecule has 0 bridgehead atoms. The number of rotatable bonds is 12. The van der Waals surface area contributed by atoms with Crippen molar-refractivity contribution < 1.29 is 27.1 Å². The Kier molecular flexibility index (Phi) is 7.99. The Labute approximate surface area is 120 Å². The van der Waals surface area contributed by atoms with E-state index in [0.717, 1.165) is 50.9 Å². The van der Waals surface area contributed by atoms with Crippen molar-refractivity contribution in [2.24, 2.45) is 0 Å². The molecule has 0 heterocycles. The molecule has 0 amide bonds. The summed E-state index contributed by atoms with van der Waals surface area (Å²) in [5.41, 5.74) is 0.